The van der Waals surface area contributed by atoms with Crippen LogP contribution in [0.2, 0.25) is 5.02 Å². The quantitative estimate of drug-likeness (QED) is 0.797. The SMILES string of the molecule is CCOC(=O)c1ncoc1-c1cc(Cl)ccc1C. The summed E-state index contributed by atoms with van der Waals surface area (Å²) in [4.78, 5) is 15.6. The lowest BCUT2D eigenvalue weighted by Gasteiger charge is -2.05. The molecule has 0 unspecified atom stereocenters. The number of oxazole rings is 1. The lowest BCUT2D eigenvalue weighted by atomic mass is 10.1. The molecule has 1 aromatic heterocycles. The Morgan fingerprint density at radius 3 is 3.00 bits per heavy atom. The van der Waals surface area contributed by atoms with E-state index in [0.29, 0.717) is 17.4 Å². The van der Waals surface area contributed by atoms with Crippen LogP contribution in [0.3, 0.4) is 0 Å². The maximum absolute atomic E-state index is 11.7. The zero-order valence-corrected chi connectivity index (χ0v) is 10.8. The Balaban J connectivity index is 2.48. The molecule has 0 spiro atoms. The van der Waals surface area contributed by atoms with Crippen molar-refractivity contribution in [2.45, 2.75) is 13.8 Å². The van der Waals surface area contributed by atoms with Gasteiger partial charge in [0, 0.05) is 10.6 Å². The van der Waals surface area contributed by atoms with E-state index in [4.69, 9.17) is 20.8 Å². The summed E-state index contributed by atoms with van der Waals surface area (Å²) < 4.78 is 10.2. The Morgan fingerprint density at radius 2 is 2.28 bits per heavy atom. The molecule has 0 saturated heterocycles. The van der Waals surface area contributed by atoms with Gasteiger partial charge in [0.25, 0.3) is 0 Å². The highest BCUT2D eigenvalue weighted by Crippen LogP contribution is 2.29. The standard InChI is InChI=1S/C13H12ClNO3/c1-3-17-13(16)11-12(18-7-15-11)10-6-9(14)5-4-8(10)2/h4-7H,3H2,1-2H3. The number of carbonyl (C=O) groups excluding carboxylic acids is 1. The normalized spacial score (nSPS) is 10.4. The molecular formula is C13H12ClNO3. The number of esters is 1. The summed E-state index contributed by atoms with van der Waals surface area (Å²) in [6, 6.07) is 5.37. The Morgan fingerprint density at radius 1 is 1.50 bits per heavy atom. The van der Waals surface area contributed by atoms with E-state index in [1.54, 1.807) is 19.1 Å². The zero-order chi connectivity index (χ0) is 13.1. The Labute approximate surface area is 110 Å². The van der Waals surface area contributed by atoms with Gasteiger partial charge in [-0.25, -0.2) is 9.78 Å². The maximum Gasteiger partial charge on any atom is 0.360 e. The summed E-state index contributed by atoms with van der Waals surface area (Å²) in [5.74, 6) is -0.117. The van der Waals surface area contributed by atoms with Crippen molar-refractivity contribution in [3.8, 4) is 11.3 Å². The second-order valence-corrected chi connectivity index (χ2v) is 4.15. The Hall–Kier alpha value is -1.81. The van der Waals surface area contributed by atoms with Crippen molar-refractivity contribution >= 4 is 17.6 Å². The fourth-order valence-electron chi connectivity index (χ4n) is 1.62. The fourth-order valence-corrected chi connectivity index (χ4v) is 1.79. The second-order valence-electron chi connectivity index (χ2n) is 3.71. The first kappa shape index (κ1) is 12.6. The summed E-state index contributed by atoms with van der Waals surface area (Å²) in [6.07, 6.45) is 1.22. The van der Waals surface area contributed by atoms with Crippen molar-refractivity contribution < 1.29 is 13.9 Å². The van der Waals surface area contributed by atoms with Crippen LogP contribution in [0.25, 0.3) is 11.3 Å². The van der Waals surface area contributed by atoms with Crippen molar-refractivity contribution in [2.24, 2.45) is 0 Å². The summed E-state index contributed by atoms with van der Waals surface area (Å²) in [6.45, 7) is 3.94. The molecule has 0 aliphatic heterocycles. The molecule has 0 radical (unpaired) electrons. The molecule has 4 nitrogen and oxygen atoms in total. The van der Waals surface area contributed by atoms with Crippen LogP contribution < -0.4 is 0 Å². The van der Waals surface area contributed by atoms with Crippen LogP contribution in [0, 0.1) is 6.92 Å². The first-order chi connectivity index (χ1) is 8.63. The van der Waals surface area contributed by atoms with E-state index in [0.717, 1.165) is 11.1 Å². The number of aromatic nitrogens is 1. The lowest BCUT2D eigenvalue weighted by Crippen LogP contribution is -2.06. The number of carbonyl (C=O) groups is 1. The molecule has 2 rings (SSSR count). The average Bonchev–Trinajstić information content (AvgIpc) is 2.81. The molecule has 2 aromatic rings. The third-order valence-electron chi connectivity index (χ3n) is 2.48. The molecular weight excluding hydrogens is 254 g/mol. The molecule has 0 fully saturated rings. The number of benzene rings is 1. The van der Waals surface area contributed by atoms with Crippen molar-refractivity contribution in [1.82, 2.24) is 4.98 Å². The number of ether oxygens (including phenoxy) is 1. The number of halogens is 1. The molecule has 5 heteroatoms. The van der Waals surface area contributed by atoms with E-state index in [1.165, 1.54) is 6.39 Å². The van der Waals surface area contributed by atoms with E-state index in [2.05, 4.69) is 4.98 Å². The highest BCUT2D eigenvalue weighted by atomic mass is 35.5. The second kappa shape index (κ2) is 5.23. The highest BCUT2D eigenvalue weighted by molar-refractivity contribution is 6.30. The first-order valence-electron chi connectivity index (χ1n) is 5.50. The van der Waals surface area contributed by atoms with Crippen LogP contribution in [-0.2, 0) is 4.74 Å². The molecule has 1 heterocycles. The minimum atomic E-state index is -0.499. The molecule has 0 bridgehead atoms. The third-order valence-corrected chi connectivity index (χ3v) is 2.72. The predicted molar refractivity (Wildman–Crippen MR) is 67.6 cm³/mol. The van der Waals surface area contributed by atoms with Gasteiger partial charge in [0.1, 0.15) is 0 Å². The first-order valence-corrected chi connectivity index (χ1v) is 5.88. The Bertz CT molecular complexity index is 577. The van der Waals surface area contributed by atoms with E-state index in [9.17, 15) is 4.79 Å². The molecule has 18 heavy (non-hydrogen) atoms. The fraction of sp³-hybridized carbons (Fsp3) is 0.231. The summed E-state index contributed by atoms with van der Waals surface area (Å²) in [5, 5.41) is 0.571. The van der Waals surface area contributed by atoms with Crippen LogP contribution in [0.1, 0.15) is 23.0 Å². The van der Waals surface area contributed by atoms with Gasteiger partial charge in [0.05, 0.1) is 6.61 Å². The van der Waals surface area contributed by atoms with Crippen molar-refractivity contribution in [2.75, 3.05) is 6.61 Å². The van der Waals surface area contributed by atoms with Crippen LogP contribution in [0.5, 0.6) is 0 Å². The Kier molecular flexibility index (Phi) is 3.67. The molecule has 0 atom stereocenters. The van der Waals surface area contributed by atoms with Crippen LogP contribution >= 0.6 is 11.6 Å². The van der Waals surface area contributed by atoms with Gasteiger partial charge >= 0.3 is 5.97 Å². The van der Waals surface area contributed by atoms with Gasteiger partial charge in [-0.2, -0.15) is 0 Å². The molecule has 0 aliphatic carbocycles. The predicted octanol–water partition coefficient (Wildman–Crippen LogP) is 3.48. The van der Waals surface area contributed by atoms with Gasteiger partial charge in [-0.15, -0.1) is 0 Å². The topological polar surface area (TPSA) is 52.3 Å². The number of hydrogen-bond acceptors (Lipinski definition) is 4. The van der Waals surface area contributed by atoms with Gasteiger partial charge in [-0.05, 0) is 31.5 Å². The number of rotatable bonds is 3. The summed E-state index contributed by atoms with van der Waals surface area (Å²) in [7, 11) is 0. The maximum atomic E-state index is 11.7. The molecule has 0 saturated carbocycles. The van der Waals surface area contributed by atoms with Crippen molar-refractivity contribution in [1.29, 1.82) is 0 Å². The van der Waals surface area contributed by atoms with Crippen molar-refractivity contribution in [3.63, 3.8) is 0 Å². The van der Waals surface area contributed by atoms with E-state index >= 15 is 0 Å². The largest absolute Gasteiger partial charge is 0.461 e. The molecule has 0 amide bonds. The molecule has 1 aromatic carbocycles. The number of aryl methyl sites for hydroxylation is 1. The van der Waals surface area contributed by atoms with Gasteiger partial charge in [-0.3, -0.25) is 0 Å². The van der Waals surface area contributed by atoms with E-state index in [-0.39, 0.29) is 5.69 Å². The van der Waals surface area contributed by atoms with Crippen LogP contribution in [0.15, 0.2) is 29.0 Å². The molecule has 0 N–H and O–H groups in total. The summed E-state index contributed by atoms with van der Waals surface area (Å²) >= 11 is 5.95. The minimum absolute atomic E-state index is 0.169. The zero-order valence-electron chi connectivity index (χ0n) is 10.1. The monoisotopic (exact) mass is 265 g/mol. The smallest absolute Gasteiger partial charge is 0.360 e. The van der Waals surface area contributed by atoms with Crippen molar-refractivity contribution in [3.05, 3.63) is 40.9 Å². The molecule has 0 aliphatic rings. The van der Waals surface area contributed by atoms with Gasteiger partial charge in [0.15, 0.2) is 17.8 Å². The number of hydrogen-bond donors (Lipinski definition) is 0. The van der Waals surface area contributed by atoms with E-state index in [1.807, 2.05) is 13.0 Å². The molecule has 94 valence electrons. The van der Waals surface area contributed by atoms with Crippen LogP contribution in [-0.4, -0.2) is 17.6 Å². The van der Waals surface area contributed by atoms with Crippen LogP contribution in [0.4, 0.5) is 0 Å². The minimum Gasteiger partial charge on any atom is -0.461 e. The summed E-state index contributed by atoms with van der Waals surface area (Å²) in [5.41, 5.74) is 1.85. The van der Waals surface area contributed by atoms with Gasteiger partial charge in [-0.1, -0.05) is 17.7 Å². The van der Waals surface area contributed by atoms with E-state index < -0.39 is 5.97 Å². The van der Waals surface area contributed by atoms with Gasteiger partial charge in [0.2, 0.25) is 0 Å². The highest BCUT2D eigenvalue weighted by Gasteiger charge is 2.20. The number of nitrogens with zero attached hydrogens (tertiary/aromatic N) is 1. The van der Waals surface area contributed by atoms with Gasteiger partial charge < -0.3 is 9.15 Å². The lowest BCUT2D eigenvalue weighted by molar-refractivity contribution is 0.0520. The third kappa shape index (κ3) is 2.38. The average molecular weight is 266 g/mol.